The summed E-state index contributed by atoms with van der Waals surface area (Å²) >= 11 is 12.0. The van der Waals surface area contributed by atoms with E-state index in [2.05, 4.69) is 10.4 Å². The number of anilines is 1. The van der Waals surface area contributed by atoms with Gasteiger partial charge in [0.15, 0.2) is 5.69 Å². The van der Waals surface area contributed by atoms with Gasteiger partial charge in [0.25, 0.3) is 5.91 Å². The van der Waals surface area contributed by atoms with Crippen molar-refractivity contribution >= 4 is 34.8 Å². The predicted octanol–water partition coefficient (Wildman–Crippen LogP) is 6.72. The summed E-state index contributed by atoms with van der Waals surface area (Å²) in [5.74, 6) is -0.325. The van der Waals surface area contributed by atoms with Gasteiger partial charge in [-0.25, -0.2) is 4.68 Å². The second-order valence-electron chi connectivity index (χ2n) is 7.06. The quantitative estimate of drug-likeness (QED) is 0.386. The molecule has 1 amide bonds. The van der Waals surface area contributed by atoms with Gasteiger partial charge in [-0.05, 0) is 49.7 Å². The number of carbonyl (C=O) groups is 1. The molecule has 4 nitrogen and oxygen atoms in total. The molecular formula is C24H19Cl2N3O. The molecule has 150 valence electrons. The highest BCUT2D eigenvalue weighted by molar-refractivity contribution is 6.42. The lowest BCUT2D eigenvalue weighted by atomic mass is 10.1. The van der Waals surface area contributed by atoms with Gasteiger partial charge in [-0.1, -0.05) is 71.2 Å². The van der Waals surface area contributed by atoms with Crippen molar-refractivity contribution in [3.8, 4) is 16.9 Å². The van der Waals surface area contributed by atoms with Crippen LogP contribution in [0.1, 0.15) is 21.6 Å². The minimum absolute atomic E-state index is 0.305. The third-order valence-electron chi connectivity index (χ3n) is 4.81. The van der Waals surface area contributed by atoms with Crippen molar-refractivity contribution in [1.29, 1.82) is 0 Å². The van der Waals surface area contributed by atoms with Gasteiger partial charge in [0.2, 0.25) is 0 Å². The molecule has 0 spiro atoms. The molecule has 0 aliphatic rings. The van der Waals surface area contributed by atoms with Gasteiger partial charge in [-0.2, -0.15) is 5.10 Å². The standard InChI is InChI=1S/C24H19Cl2N3O/c1-15-7-9-17(10-8-15)23-14-21(28-29(23)22-6-4-3-5-16(22)2)24(30)27-18-11-12-19(25)20(26)13-18/h3-14H,1-2H3,(H,27,30). The van der Waals surface area contributed by atoms with E-state index in [-0.39, 0.29) is 5.91 Å². The largest absolute Gasteiger partial charge is 0.321 e. The van der Waals surface area contributed by atoms with Crippen LogP contribution in [-0.4, -0.2) is 15.7 Å². The van der Waals surface area contributed by atoms with E-state index >= 15 is 0 Å². The summed E-state index contributed by atoms with van der Waals surface area (Å²) in [5, 5.41) is 8.26. The van der Waals surface area contributed by atoms with Gasteiger partial charge < -0.3 is 5.32 Å². The van der Waals surface area contributed by atoms with Crippen LogP contribution in [0.4, 0.5) is 5.69 Å². The minimum Gasteiger partial charge on any atom is -0.321 e. The fourth-order valence-electron chi connectivity index (χ4n) is 3.18. The molecule has 3 aromatic carbocycles. The zero-order valence-corrected chi connectivity index (χ0v) is 18.0. The van der Waals surface area contributed by atoms with E-state index in [1.807, 2.05) is 67.1 Å². The molecular weight excluding hydrogens is 417 g/mol. The highest BCUT2D eigenvalue weighted by Crippen LogP contribution is 2.28. The number of aromatic nitrogens is 2. The summed E-state index contributed by atoms with van der Waals surface area (Å²) in [5.41, 5.74) is 5.82. The van der Waals surface area contributed by atoms with Crippen molar-refractivity contribution in [2.24, 2.45) is 0 Å². The molecule has 1 heterocycles. The molecule has 1 aromatic heterocycles. The summed E-state index contributed by atoms with van der Waals surface area (Å²) in [6, 6.07) is 22.8. The maximum Gasteiger partial charge on any atom is 0.276 e. The number of benzene rings is 3. The number of rotatable bonds is 4. The third kappa shape index (κ3) is 4.11. The smallest absolute Gasteiger partial charge is 0.276 e. The van der Waals surface area contributed by atoms with Crippen LogP contribution in [0.15, 0.2) is 72.8 Å². The number of amides is 1. The Kier molecular flexibility index (Phi) is 5.62. The minimum atomic E-state index is -0.325. The summed E-state index contributed by atoms with van der Waals surface area (Å²) < 4.78 is 1.81. The first-order valence-electron chi connectivity index (χ1n) is 9.42. The normalized spacial score (nSPS) is 10.8. The van der Waals surface area contributed by atoms with E-state index in [4.69, 9.17) is 23.2 Å². The average Bonchev–Trinajstić information content (AvgIpc) is 3.17. The molecule has 1 N–H and O–H groups in total. The molecule has 4 aromatic rings. The molecule has 0 saturated carbocycles. The van der Waals surface area contributed by atoms with Gasteiger partial charge in [0.05, 0.1) is 21.4 Å². The van der Waals surface area contributed by atoms with Crippen LogP contribution >= 0.6 is 23.2 Å². The Morgan fingerprint density at radius 2 is 1.63 bits per heavy atom. The van der Waals surface area contributed by atoms with Crippen LogP contribution in [0.3, 0.4) is 0 Å². The number of halogens is 2. The molecule has 0 aliphatic carbocycles. The average molecular weight is 436 g/mol. The van der Waals surface area contributed by atoms with Crippen molar-refractivity contribution in [2.45, 2.75) is 13.8 Å². The Labute approximate surface area is 185 Å². The van der Waals surface area contributed by atoms with Crippen molar-refractivity contribution in [1.82, 2.24) is 9.78 Å². The molecule has 0 aliphatic heterocycles. The van der Waals surface area contributed by atoms with E-state index in [1.54, 1.807) is 24.3 Å². The molecule has 0 unspecified atom stereocenters. The molecule has 0 atom stereocenters. The number of para-hydroxylation sites is 1. The van der Waals surface area contributed by atoms with Crippen LogP contribution in [0.5, 0.6) is 0 Å². The third-order valence-corrected chi connectivity index (χ3v) is 5.55. The van der Waals surface area contributed by atoms with Crippen molar-refractivity contribution in [2.75, 3.05) is 5.32 Å². The van der Waals surface area contributed by atoms with Crippen molar-refractivity contribution < 1.29 is 4.79 Å². The lowest BCUT2D eigenvalue weighted by molar-refractivity contribution is 0.102. The van der Waals surface area contributed by atoms with Crippen LogP contribution in [0.2, 0.25) is 10.0 Å². The Morgan fingerprint density at radius 1 is 0.900 bits per heavy atom. The Balaban J connectivity index is 1.76. The molecule has 30 heavy (non-hydrogen) atoms. The van der Waals surface area contributed by atoms with Crippen molar-refractivity contribution in [3.63, 3.8) is 0 Å². The predicted molar refractivity (Wildman–Crippen MR) is 123 cm³/mol. The van der Waals surface area contributed by atoms with E-state index in [0.717, 1.165) is 22.5 Å². The highest BCUT2D eigenvalue weighted by Gasteiger charge is 2.18. The second kappa shape index (κ2) is 8.34. The van der Waals surface area contributed by atoms with Gasteiger partial charge in [0, 0.05) is 11.3 Å². The molecule has 0 radical (unpaired) electrons. The van der Waals surface area contributed by atoms with Gasteiger partial charge in [0.1, 0.15) is 0 Å². The van der Waals surface area contributed by atoms with Gasteiger partial charge in [-0.15, -0.1) is 0 Å². The van der Waals surface area contributed by atoms with E-state index in [0.29, 0.717) is 21.4 Å². The molecule has 0 bridgehead atoms. The van der Waals surface area contributed by atoms with Crippen LogP contribution in [0, 0.1) is 13.8 Å². The first-order chi connectivity index (χ1) is 14.4. The number of aryl methyl sites for hydroxylation is 2. The molecule has 0 fully saturated rings. The fraction of sp³-hybridized carbons (Fsp3) is 0.0833. The number of hydrogen-bond acceptors (Lipinski definition) is 2. The zero-order valence-electron chi connectivity index (χ0n) is 16.5. The summed E-state index contributed by atoms with van der Waals surface area (Å²) in [6.45, 7) is 4.06. The topological polar surface area (TPSA) is 46.9 Å². The number of carbonyl (C=O) groups excluding carboxylic acids is 1. The molecule has 6 heteroatoms. The van der Waals surface area contributed by atoms with E-state index < -0.39 is 0 Å². The van der Waals surface area contributed by atoms with Crippen LogP contribution in [-0.2, 0) is 0 Å². The van der Waals surface area contributed by atoms with Gasteiger partial charge in [-0.3, -0.25) is 4.79 Å². The van der Waals surface area contributed by atoms with Gasteiger partial charge >= 0.3 is 0 Å². The summed E-state index contributed by atoms with van der Waals surface area (Å²) in [7, 11) is 0. The van der Waals surface area contributed by atoms with E-state index in [9.17, 15) is 4.79 Å². The Hall–Kier alpha value is -3.08. The lowest BCUT2D eigenvalue weighted by Gasteiger charge is -2.10. The number of hydrogen-bond donors (Lipinski definition) is 1. The number of nitrogens with one attached hydrogen (secondary N) is 1. The SMILES string of the molecule is Cc1ccc(-c2cc(C(=O)Nc3ccc(Cl)c(Cl)c3)nn2-c2ccccc2C)cc1. The lowest BCUT2D eigenvalue weighted by Crippen LogP contribution is -2.13. The molecule has 0 saturated heterocycles. The molecule has 4 rings (SSSR count). The Morgan fingerprint density at radius 3 is 2.33 bits per heavy atom. The second-order valence-corrected chi connectivity index (χ2v) is 7.88. The Bertz CT molecular complexity index is 1230. The summed E-state index contributed by atoms with van der Waals surface area (Å²) in [4.78, 5) is 12.9. The first kappa shape index (κ1) is 20.2. The maximum atomic E-state index is 12.9. The fourth-order valence-corrected chi connectivity index (χ4v) is 3.47. The maximum absolute atomic E-state index is 12.9. The van der Waals surface area contributed by atoms with E-state index in [1.165, 1.54) is 5.56 Å². The van der Waals surface area contributed by atoms with Crippen LogP contribution in [0.25, 0.3) is 16.9 Å². The van der Waals surface area contributed by atoms with Crippen LogP contribution < -0.4 is 5.32 Å². The first-order valence-corrected chi connectivity index (χ1v) is 10.2. The highest BCUT2D eigenvalue weighted by atomic mass is 35.5. The monoisotopic (exact) mass is 435 g/mol. The number of nitrogens with zero attached hydrogens (tertiary/aromatic N) is 2. The zero-order chi connectivity index (χ0) is 21.3. The van der Waals surface area contributed by atoms with Crippen molar-refractivity contribution in [3.05, 3.63) is 99.7 Å². The summed E-state index contributed by atoms with van der Waals surface area (Å²) in [6.07, 6.45) is 0.